The average Bonchev–Trinajstić information content (AvgIpc) is 2.83. The second-order valence-electron chi connectivity index (χ2n) is 7.07. The Morgan fingerprint density at radius 2 is 1.20 bits per heavy atom. The van der Waals surface area contributed by atoms with Gasteiger partial charge in [0.25, 0.3) is 0 Å². The molecule has 0 bridgehead atoms. The molecular weight excluding hydrogens is 366 g/mol. The highest BCUT2D eigenvalue weighted by atomic mass is 16.5. The summed E-state index contributed by atoms with van der Waals surface area (Å²) in [5, 5.41) is 0. The summed E-state index contributed by atoms with van der Waals surface area (Å²) < 4.78 is 5.29. The molecule has 0 aliphatic heterocycles. The summed E-state index contributed by atoms with van der Waals surface area (Å²) in [6.45, 7) is 2.17. The van der Waals surface area contributed by atoms with Crippen molar-refractivity contribution in [2.45, 2.75) is 13.3 Å². The SMILES string of the molecule is CCC(=Nc1ccc(OC)cc1)c1c(-c2ccccc2)cccc1-c1ccccc1. The van der Waals surface area contributed by atoms with Crippen LogP contribution in [0.25, 0.3) is 22.3 Å². The van der Waals surface area contributed by atoms with Gasteiger partial charge in [-0.3, -0.25) is 4.99 Å². The summed E-state index contributed by atoms with van der Waals surface area (Å²) in [5.41, 5.74) is 7.97. The zero-order valence-corrected chi connectivity index (χ0v) is 17.4. The fourth-order valence-electron chi connectivity index (χ4n) is 3.70. The molecular formula is C28H25NO. The topological polar surface area (TPSA) is 21.6 Å². The van der Waals surface area contributed by atoms with Gasteiger partial charge in [0, 0.05) is 11.3 Å². The Morgan fingerprint density at radius 3 is 1.67 bits per heavy atom. The van der Waals surface area contributed by atoms with Crippen LogP contribution in [0, 0.1) is 0 Å². The molecule has 0 saturated carbocycles. The highest BCUT2D eigenvalue weighted by Gasteiger charge is 2.16. The van der Waals surface area contributed by atoms with E-state index in [0.717, 1.165) is 23.6 Å². The third-order valence-electron chi connectivity index (χ3n) is 5.19. The van der Waals surface area contributed by atoms with E-state index in [2.05, 4.69) is 85.8 Å². The zero-order valence-electron chi connectivity index (χ0n) is 17.4. The van der Waals surface area contributed by atoms with Crippen LogP contribution in [0.15, 0.2) is 108 Å². The van der Waals surface area contributed by atoms with Gasteiger partial charge in [0.05, 0.1) is 12.8 Å². The Hall–Kier alpha value is -3.65. The van der Waals surface area contributed by atoms with Gasteiger partial charge in [-0.05, 0) is 52.9 Å². The van der Waals surface area contributed by atoms with Crippen LogP contribution in [0.3, 0.4) is 0 Å². The van der Waals surface area contributed by atoms with Crippen molar-refractivity contribution in [2.24, 2.45) is 4.99 Å². The minimum atomic E-state index is 0.829. The van der Waals surface area contributed by atoms with Gasteiger partial charge in [-0.2, -0.15) is 0 Å². The van der Waals surface area contributed by atoms with Crippen LogP contribution in [0.2, 0.25) is 0 Å². The van der Waals surface area contributed by atoms with Gasteiger partial charge in [0.15, 0.2) is 0 Å². The number of ether oxygens (including phenoxy) is 1. The first-order valence-electron chi connectivity index (χ1n) is 10.3. The molecule has 4 aromatic carbocycles. The van der Waals surface area contributed by atoms with Crippen molar-refractivity contribution in [1.82, 2.24) is 0 Å². The van der Waals surface area contributed by atoms with E-state index in [1.54, 1.807) is 7.11 Å². The lowest BCUT2D eigenvalue weighted by Gasteiger charge is -2.17. The van der Waals surface area contributed by atoms with E-state index in [9.17, 15) is 0 Å². The molecule has 0 saturated heterocycles. The van der Waals surface area contributed by atoms with Crippen molar-refractivity contribution in [2.75, 3.05) is 7.11 Å². The molecule has 0 aliphatic rings. The molecule has 0 N–H and O–H groups in total. The lowest BCUT2D eigenvalue weighted by molar-refractivity contribution is 0.415. The quantitative estimate of drug-likeness (QED) is 0.311. The highest BCUT2D eigenvalue weighted by Crippen LogP contribution is 2.34. The summed E-state index contributed by atoms with van der Waals surface area (Å²) in [4.78, 5) is 5.06. The van der Waals surface area contributed by atoms with Crippen molar-refractivity contribution in [1.29, 1.82) is 0 Å². The maximum absolute atomic E-state index is 5.29. The number of aliphatic imine (C=N–C) groups is 1. The summed E-state index contributed by atoms with van der Waals surface area (Å²) >= 11 is 0. The van der Waals surface area contributed by atoms with Crippen molar-refractivity contribution in [3.8, 4) is 28.0 Å². The van der Waals surface area contributed by atoms with Gasteiger partial charge in [-0.25, -0.2) is 0 Å². The second-order valence-corrected chi connectivity index (χ2v) is 7.07. The van der Waals surface area contributed by atoms with E-state index in [1.807, 2.05) is 24.3 Å². The molecule has 148 valence electrons. The Kier molecular flexibility index (Phi) is 6.05. The fourth-order valence-corrected chi connectivity index (χ4v) is 3.70. The summed E-state index contributed by atoms with van der Waals surface area (Å²) in [7, 11) is 1.68. The number of methoxy groups -OCH3 is 1. The van der Waals surface area contributed by atoms with E-state index in [0.29, 0.717) is 0 Å². The first-order chi connectivity index (χ1) is 14.8. The van der Waals surface area contributed by atoms with Crippen molar-refractivity contribution < 1.29 is 4.74 Å². The van der Waals surface area contributed by atoms with Crippen molar-refractivity contribution in [3.63, 3.8) is 0 Å². The third-order valence-corrected chi connectivity index (χ3v) is 5.19. The normalized spacial score (nSPS) is 11.3. The van der Waals surface area contributed by atoms with Crippen molar-refractivity contribution >= 4 is 11.4 Å². The summed E-state index contributed by atoms with van der Waals surface area (Å²) in [6.07, 6.45) is 0.829. The second kappa shape index (κ2) is 9.23. The minimum absolute atomic E-state index is 0.829. The van der Waals surface area contributed by atoms with E-state index >= 15 is 0 Å². The molecule has 0 radical (unpaired) electrons. The molecule has 0 unspecified atom stereocenters. The lowest BCUT2D eigenvalue weighted by Crippen LogP contribution is -2.04. The van der Waals surface area contributed by atoms with Gasteiger partial charge >= 0.3 is 0 Å². The minimum Gasteiger partial charge on any atom is -0.497 e. The monoisotopic (exact) mass is 391 g/mol. The van der Waals surface area contributed by atoms with Crippen LogP contribution in [0.5, 0.6) is 5.75 Å². The Morgan fingerprint density at radius 1 is 0.667 bits per heavy atom. The van der Waals surface area contributed by atoms with Gasteiger partial charge in [0.2, 0.25) is 0 Å². The smallest absolute Gasteiger partial charge is 0.119 e. The van der Waals surface area contributed by atoms with Gasteiger partial charge in [-0.1, -0.05) is 85.8 Å². The Bertz CT molecular complexity index is 1070. The van der Waals surface area contributed by atoms with Crippen molar-refractivity contribution in [3.05, 3.63) is 109 Å². The standard InChI is InChI=1S/C28H25NO/c1-3-27(29-23-17-19-24(30-2)20-18-23)28-25(21-11-6-4-7-12-21)15-10-16-26(28)22-13-8-5-9-14-22/h4-20H,3H2,1-2H3. The molecule has 4 aromatic rings. The molecule has 0 fully saturated rings. The molecule has 0 atom stereocenters. The summed E-state index contributed by atoms with van der Waals surface area (Å²) in [6, 6.07) is 35.5. The van der Waals surface area contributed by atoms with Gasteiger partial charge in [-0.15, -0.1) is 0 Å². The highest BCUT2D eigenvalue weighted by molar-refractivity contribution is 6.11. The lowest BCUT2D eigenvalue weighted by atomic mass is 9.88. The number of rotatable bonds is 6. The molecule has 2 heteroatoms. The molecule has 0 spiro atoms. The number of benzene rings is 4. The Labute approximate surface area is 178 Å². The van der Waals surface area contributed by atoms with E-state index in [-0.39, 0.29) is 0 Å². The van der Waals surface area contributed by atoms with Crippen LogP contribution in [0.4, 0.5) is 5.69 Å². The predicted octanol–water partition coefficient (Wildman–Crippen LogP) is 7.56. The Balaban J connectivity index is 1.93. The number of hydrogen-bond donors (Lipinski definition) is 0. The zero-order chi connectivity index (χ0) is 20.8. The van der Waals surface area contributed by atoms with Crippen LogP contribution >= 0.6 is 0 Å². The maximum Gasteiger partial charge on any atom is 0.119 e. The third kappa shape index (κ3) is 4.18. The molecule has 0 heterocycles. The van der Waals surface area contributed by atoms with Gasteiger partial charge in [0.1, 0.15) is 5.75 Å². The molecule has 4 rings (SSSR count). The predicted molar refractivity (Wildman–Crippen MR) is 127 cm³/mol. The molecule has 0 aromatic heterocycles. The maximum atomic E-state index is 5.29. The average molecular weight is 392 g/mol. The first kappa shape index (κ1) is 19.7. The van der Waals surface area contributed by atoms with E-state index in [4.69, 9.17) is 9.73 Å². The van der Waals surface area contributed by atoms with Crippen LogP contribution in [0.1, 0.15) is 18.9 Å². The van der Waals surface area contributed by atoms with E-state index < -0.39 is 0 Å². The largest absolute Gasteiger partial charge is 0.497 e. The molecule has 30 heavy (non-hydrogen) atoms. The van der Waals surface area contributed by atoms with E-state index in [1.165, 1.54) is 27.8 Å². The van der Waals surface area contributed by atoms with Crippen LogP contribution in [-0.4, -0.2) is 12.8 Å². The fraction of sp³-hybridized carbons (Fsp3) is 0.107. The summed E-state index contributed by atoms with van der Waals surface area (Å²) in [5.74, 6) is 0.835. The molecule has 0 aliphatic carbocycles. The molecule has 0 amide bonds. The molecule has 2 nitrogen and oxygen atoms in total. The number of hydrogen-bond acceptors (Lipinski definition) is 2. The van der Waals surface area contributed by atoms with Gasteiger partial charge < -0.3 is 4.74 Å². The van der Waals surface area contributed by atoms with Crippen LogP contribution < -0.4 is 4.74 Å². The van der Waals surface area contributed by atoms with Crippen LogP contribution in [-0.2, 0) is 0 Å². The number of nitrogens with zero attached hydrogens (tertiary/aromatic N) is 1. The first-order valence-corrected chi connectivity index (χ1v) is 10.3.